The molecule has 0 fully saturated rings. The molecule has 0 radical (unpaired) electrons. The molecule has 0 unspecified atom stereocenters. The van der Waals surface area contributed by atoms with E-state index in [4.69, 9.17) is 4.42 Å². The molecule has 0 aliphatic heterocycles. The normalized spacial score (nSPS) is 11.1. The SMILES string of the molecule is c1ccc(-c2ccc(N(c3ccc(-c4ccc(-c5cccc(-c6oc7ccccc7c6-c6ccccc6)c5)cc4)cc3)c3ccc(-c4cccc(-c5ccccc5)c4)cc3)cc2)cc1. The highest BCUT2D eigenvalue weighted by molar-refractivity contribution is 6.02. The van der Waals surface area contributed by atoms with Gasteiger partial charge in [-0.25, -0.2) is 0 Å². The largest absolute Gasteiger partial charge is 0.455 e. The highest BCUT2D eigenvalue weighted by Gasteiger charge is 2.18. The Labute approximate surface area is 374 Å². The number of fused-ring (bicyclic) bond motifs is 1. The van der Waals surface area contributed by atoms with Crippen LogP contribution in [0.15, 0.2) is 265 Å². The van der Waals surface area contributed by atoms with Gasteiger partial charge in [0.1, 0.15) is 11.3 Å². The average Bonchev–Trinajstić information content (AvgIpc) is 3.78. The van der Waals surface area contributed by atoms with E-state index in [2.05, 4.69) is 254 Å². The summed E-state index contributed by atoms with van der Waals surface area (Å²) < 4.78 is 6.55. The summed E-state index contributed by atoms with van der Waals surface area (Å²) in [6, 6.07) is 93.0. The molecule has 302 valence electrons. The molecule has 0 atom stereocenters. The van der Waals surface area contributed by atoms with Gasteiger partial charge in [0.25, 0.3) is 0 Å². The monoisotopic (exact) mass is 817 g/mol. The number of furan rings is 1. The number of benzene rings is 10. The lowest BCUT2D eigenvalue weighted by atomic mass is 9.95. The molecular formula is C62H43NO. The predicted octanol–water partition coefficient (Wildman–Crippen LogP) is 17.6. The van der Waals surface area contributed by atoms with Crippen LogP contribution in [-0.4, -0.2) is 0 Å². The first-order chi connectivity index (χ1) is 31.7. The van der Waals surface area contributed by atoms with Crippen molar-refractivity contribution in [3.8, 4) is 78.1 Å². The third-order valence-corrected chi connectivity index (χ3v) is 12.1. The van der Waals surface area contributed by atoms with Crippen LogP contribution in [-0.2, 0) is 0 Å². The summed E-state index contributed by atoms with van der Waals surface area (Å²) in [5, 5.41) is 1.12. The zero-order valence-corrected chi connectivity index (χ0v) is 35.2. The first kappa shape index (κ1) is 38.5. The number of anilines is 3. The molecule has 1 heterocycles. The van der Waals surface area contributed by atoms with Gasteiger partial charge in [0.15, 0.2) is 0 Å². The molecule has 0 bridgehead atoms. The summed E-state index contributed by atoms with van der Waals surface area (Å²) in [6.07, 6.45) is 0. The Bertz CT molecular complexity index is 3320. The standard InChI is InChI=1S/C62H43NO/c1-4-14-44(15-5-1)47-30-36-56(37-31-47)63(58-40-34-50(35-41-58)53-21-12-20-52(42-53)45-16-6-2-7-17-45)57-38-32-48(33-39-57)46-26-28-49(29-27-46)54-22-13-23-55(43-54)62-61(51-18-8-3-9-19-51)59-24-10-11-25-60(59)64-62/h1-43H. The minimum Gasteiger partial charge on any atom is -0.455 e. The predicted molar refractivity (Wildman–Crippen MR) is 269 cm³/mol. The Hall–Kier alpha value is -8.46. The molecule has 0 amide bonds. The van der Waals surface area contributed by atoms with Gasteiger partial charge in [0.2, 0.25) is 0 Å². The topological polar surface area (TPSA) is 16.4 Å². The molecular weight excluding hydrogens is 775 g/mol. The molecule has 10 aromatic carbocycles. The van der Waals surface area contributed by atoms with Gasteiger partial charge in [0, 0.05) is 33.6 Å². The van der Waals surface area contributed by atoms with Crippen molar-refractivity contribution >= 4 is 28.0 Å². The Morgan fingerprint density at radius 1 is 0.234 bits per heavy atom. The van der Waals surface area contributed by atoms with Crippen molar-refractivity contribution < 1.29 is 4.42 Å². The molecule has 0 saturated heterocycles. The Morgan fingerprint density at radius 2 is 0.547 bits per heavy atom. The fraction of sp³-hybridized carbons (Fsp3) is 0. The van der Waals surface area contributed by atoms with Gasteiger partial charge in [-0.15, -0.1) is 0 Å². The molecule has 11 rings (SSSR count). The maximum atomic E-state index is 6.55. The number of hydrogen-bond donors (Lipinski definition) is 0. The fourth-order valence-electron chi connectivity index (χ4n) is 8.83. The first-order valence-corrected chi connectivity index (χ1v) is 21.8. The molecule has 0 saturated carbocycles. The summed E-state index contributed by atoms with van der Waals surface area (Å²) in [5.41, 5.74) is 19.3. The lowest BCUT2D eigenvalue weighted by Crippen LogP contribution is -2.09. The van der Waals surface area contributed by atoms with Crippen LogP contribution >= 0.6 is 0 Å². The molecule has 2 heteroatoms. The van der Waals surface area contributed by atoms with Crippen LogP contribution < -0.4 is 4.90 Å². The highest BCUT2D eigenvalue weighted by Crippen LogP contribution is 2.42. The maximum absolute atomic E-state index is 6.55. The van der Waals surface area contributed by atoms with Crippen LogP contribution in [0.5, 0.6) is 0 Å². The van der Waals surface area contributed by atoms with Crippen LogP contribution in [0.25, 0.3) is 89.1 Å². The van der Waals surface area contributed by atoms with Crippen LogP contribution in [0.4, 0.5) is 17.1 Å². The van der Waals surface area contributed by atoms with E-state index in [1.165, 1.54) is 33.4 Å². The van der Waals surface area contributed by atoms with Gasteiger partial charge in [-0.3, -0.25) is 0 Å². The number of hydrogen-bond acceptors (Lipinski definition) is 2. The van der Waals surface area contributed by atoms with Gasteiger partial charge in [-0.1, -0.05) is 206 Å². The molecule has 2 nitrogen and oxygen atoms in total. The molecule has 1 aromatic heterocycles. The number of nitrogens with zero attached hydrogens (tertiary/aromatic N) is 1. The zero-order valence-electron chi connectivity index (χ0n) is 35.2. The van der Waals surface area contributed by atoms with Crippen molar-refractivity contribution in [2.45, 2.75) is 0 Å². The maximum Gasteiger partial charge on any atom is 0.143 e. The lowest BCUT2D eigenvalue weighted by molar-refractivity contribution is 0.632. The first-order valence-electron chi connectivity index (χ1n) is 21.8. The second-order valence-electron chi connectivity index (χ2n) is 16.1. The Kier molecular flexibility index (Phi) is 10.3. The summed E-state index contributed by atoms with van der Waals surface area (Å²) in [7, 11) is 0. The van der Waals surface area contributed by atoms with Gasteiger partial charge >= 0.3 is 0 Å². The Balaban J connectivity index is 0.887. The third-order valence-electron chi connectivity index (χ3n) is 12.1. The molecule has 0 N–H and O–H groups in total. The van der Waals surface area contributed by atoms with E-state index >= 15 is 0 Å². The van der Waals surface area contributed by atoms with Gasteiger partial charge < -0.3 is 9.32 Å². The van der Waals surface area contributed by atoms with E-state index in [9.17, 15) is 0 Å². The third kappa shape index (κ3) is 7.70. The summed E-state index contributed by atoms with van der Waals surface area (Å²) in [4.78, 5) is 2.34. The minimum absolute atomic E-state index is 0.886. The van der Waals surface area contributed by atoms with Crippen LogP contribution in [0.3, 0.4) is 0 Å². The fourth-order valence-corrected chi connectivity index (χ4v) is 8.83. The van der Waals surface area contributed by atoms with Crippen LogP contribution in [0.1, 0.15) is 0 Å². The second-order valence-corrected chi connectivity index (χ2v) is 16.1. The van der Waals surface area contributed by atoms with E-state index in [-0.39, 0.29) is 0 Å². The molecule has 0 aliphatic rings. The van der Waals surface area contributed by atoms with Gasteiger partial charge in [-0.2, -0.15) is 0 Å². The van der Waals surface area contributed by atoms with E-state index < -0.39 is 0 Å². The van der Waals surface area contributed by atoms with E-state index in [0.717, 1.165) is 72.7 Å². The van der Waals surface area contributed by atoms with E-state index in [1.54, 1.807) is 0 Å². The molecule has 0 aliphatic carbocycles. The molecule has 0 spiro atoms. The highest BCUT2D eigenvalue weighted by atomic mass is 16.3. The van der Waals surface area contributed by atoms with E-state index in [1.807, 2.05) is 12.1 Å². The smallest absolute Gasteiger partial charge is 0.143 e. The van der Waals surface area contributed by atoms with Crippen molar-refractivity contribution in [1.29, 1.82) is 0 Å². The van der Waals surface area contributed by atoms with Crippen molar-refractivity contribution in [3.63, 3.8) is 0 Å². The zero-order chi connectivity index (χ0) is 42.7. The molecule has 64 heavy (non-hydrogen) atoms. The van der Waals surface area contributed by atoms with Crippen molar-refractivity contribution in [1.82, 2.24) is 0 Å². The van der Waals surface area contributed by atoms with Crippen LogP contribution in [0.2, 0.25) is 0 Å². The van der Waals surface area contributed by atoms with Crippen LogP contribution in [0, 0.1) is 0 Å². The minimum atomic E-state index is 0.886. The summed E-state index contributed by atoms with van der Waals surface area (Å²) in [5.74, 6) is 0.886. The summed E-state index contributed by atoms with van der Waals surface area (Å²) in [6.45, 7) is 0. The van der Waals surface area contributed by atoms with E-state index in [0.29, 0.717) is 0 Å². The van der Waals surface area contributed by atoms with Gasteiger partial charge in [0.05, 0.1) is 0 Å². The van der Waals surface area contributed by atoms with Crippen molar-refractivity contribution in [2.24, 2.45) is 0 Å². The lowest BCUT2D eigenvalue weighted by Gasteiger charge is -2.26. The second kappa shape index (κ2) is 17.1. The Morgan fingerprint density at radius 3 is 1.02 bits per heavy atom. The summed E-state index contributed by atoms with van der Waals surface area (Å²) >= 11 is 0. The van der Waals surface area contributed by atoms with Crippen molar-refractivity contribution in [2.75, 3.05) is 4.90 Å². The quantitative estimate of drug-likeness (QED) is 0.137. The van der Waals surface area contributed by atoms with Gasteiger partial charge in [-0.05, 0) is 116 Å². The average molecular weight is 818 g/mol. The number of rotatable bonds is 10. The number of para-hydroxylation sites is 1. The molecule has 11 aromatic rings. The van der Waals surface area contributed by atoms with Crippen molar-refractivity contribution in [3.05, 3.63) is 261 Å².